The van der Waals surface area contributed by atoms with Gasteiger partial charge in [-0.2, -0.15) is 0 Å². The molecule has 6 nitrogen and oxygen atoms in total. The maximum atomic E-state index is 11.6. The molecule has 0 spiro atoms. The Bertz CT molecular complexity index is 620. The van der Waals surface area contributed by atoms with Crippen molar-refractivity contribution in [1.29, 1.82) is 0 Å². The fourth-order valence-corrected chi connectivity index (χ4v) is 1.90. The van der Waals surface area contributed by atoms with Crippen molar-refractivity contribution in [2.75, 3.05) is 38.2 Å². The number of aromatic amines is 1. The van der Waals surface area contributed by atoms with Crippen LogP contribution in [0.4, 0.5) is 11.4 Å². The van der Waals surface area contributed by atoms with Gasteiger partial charge in [-0.1, -0.05) is 0 Å². The molecule has 1 heterocycles. The molecule has 0 aliphatic rings. The highest BCUT2D eigenvalue weighted by Crippen LogP contribution is 2.22. The number of H-pyrrole nitrogens is 1. The van der Waals surface area contributed by atoms with E-state index in [1.165, 1.54) is 6.33 Å². The van der Waals surface area contributed by atoms with Crippen LogP contribution in [0.1, 0.15) is 6.42 Å². The van der Waals surface area contributed by atoms with Gasteiger partial charge in [0.05, 0.1) is 28.6 Å². The van der Waals surface area contributed by atoms with E-state index in [9.17, 15) is 4.79 Å². The molecule has 0 fully saturated rings. The van der Waals surface area contributed by atoms with Crippen molar-refractivity contribution < 1.29 is 0 Å². The average Bonchev–Trinajstić information content (AvgIpc) is 2.36. The number of rotatable bonds is 5. The van der Waals surface area contributed by atoms with E-state index in [0.29, 0.717) is 16.6 Å². The summed E-state index contributed by atoms with van der Waals surface area (Å²) in [6, 6.07) is 3.48. The van der Waals surface area contributed by atoms with Gasteiger partial charge in [0.15, 0.2) is 0 Å². The number of anilines is 2. The van der Waals surface area contributed by atoms with Crippen molar-refractivity contribution in [3.8, 4) is 0 Å². The van der Waals surface area contributed by atoms with Gasteiger partial charge in [-0.15, -0.1) is 0 Å². The number of aromatic nitrogens is 2. The van der Waals surface area contributed by atoms with Crippen molar-refractivity contribution in [2.45, 2.75) is 6.42 Å². The number of nitrogens with two attached hydrogens (primary N) is 1. The lowest BCUT2D eigenvalue weighted by molar-refractivity contribution is 0.405. The molecule has 4 N–H and O–H groups in total. The molecule has 2 rings (SSSR count). The van der Waals surface area contributed by atoms with Gasteiger partial charge in [0.2, 0.25) is 0 Å². The molecule has 0 amide bonds. The largest absolute Gasteiger partial charge is 0.397 e. The van der Waals surface area contributed by atoms with E-state index in [1.807, 2.05) is 20.2 Å². The first kappa shape index (κ1) is 13.4. The summed E-state index contributed by atoms with van der Waals surface area (Å²) < 4.78 is 0. The SMILES string of the molecule is CN(C)CCCNc1cc2nc[nH]c(=O)c2cc1N. The predicted octanol–water partition coefficient (Wildman–Crippen LogP) is 0.869. The van der Waals surface area contributed by atoms with E-state index in [2.05, 4.69) is 20.2 Å². The normalized spacial score (nSPS) is 11.1. The van der Waals surface area contributed by atoms with Crippen molar-refractivity contribution in [2.24, 2.45) is 0 Å². The molecule has 1 aromatic carbocycles. The first-order valence-electron chi connectivity index (χ1n) is 6.23. The third-order valence-corrected chi connectivity index (χ3v) is 2.91. The molecular formula is C13H19N5O. The summed E-state index contributed by atoms with van der Waals surface area (Å²) in [6.45, 7) is 1.84. The van der Waals surface area contributed by atoms with Crippen LogP contribution in [0.25, 0.3) is 10.9 Å². The highest BCUT2D eigenvalue weighted by atomic mass is 16.1. The number of nitrogens with zero attached hydrogens (tertiary/aromatic N) is 2. The number of benzene rings is 1. The van der Waals surface area contributed by atoms with Gasteiger partial charge in [0.25, 0.3) is 5.56 Å². The second kappa shape index (κ2) is 5.71. The Balaban J connectivity index is 2.15. The topological polar surface area (TPSA) is 87.0 Å². The maximum absolute atomic E-state index is 11.6. The van der Waals surface area contributed by atoms with Gasteiger partial charge in [-0.25, -0.2) is 4.98 Å². The molecule has 0 bridgehead atoms. The molecular weight excluding hydrogens is 242 g/mol. The predicted molar refractivity (Wildman–Crippen MR) is 78.4 cm³/mol. The number of nitrogen functional groups attached to an aromatic ring is 1. The highest BCUT2D eigenvalue weighted by Gasteiger charge is 2.05. The van der Waals surface area contributed by atoms with Crippen LogP contribution in [-0.2, 0) is 0 Å². The summed E-state index contributed by atoms with van der Waals surface area (Å²) in [7, 11) is 4.08. The van der Waals surface area contributed by atoms with Crippen LogP contribution in [0.2, 0.25) is 0 Å². The molecule has 1 aromatic heterocycles. The third-order valence-electron chi connectivity index (χ3n) is 2.91. The summed E-state index contributed by atoms with van der Waals surface area (Å²) in [5.41, 5.74) is 7.81. The minimum Gasteiger partial charge on any atom is -0.397 e. The Morgan fingerprint density at radius 3 is 2.95 bits per heavy atom. The van der Waals surface area contributed by atoms with Crippen LogP contribution < -0.4 is 16.6 Å². The van der Waals surface area contributed by atoms with E-state index in [-0.39, 0.29) is 5.56 Å². The minimum absolute atomic E-state index is 0.171. The molecule has 0 saturated heterocycles. The van der Waals surface area contributed by atoms with E-state index in [4.69, 9.17) is 5.73 Å². The molecule has 0 atom stereocenters. The van der Waals surface area contributed by atoms with Gasteiger partial charge in [0, 0.05) is 6.54 Å². The number of hydrogen-bond donors (Lipinski definition) is 3. The van der Waals surface area contributed by atoms with Crippen molar-refractivity contribution in [3.05, 3.63) is 28.8 Å². The summed E-state index contributed by atoms with van der Waals surface area (Å²) in [5, 5.41) is 3.79. The van der Waals surface area contributed by atoms with Crippen molar-refractivity contribution >= 4 is 22.3 Å². The van der Waals surface area contributed by atoms with Gasteiger partial charge in [-0.05, 0) is 39.2 Å². The molecule has 0 saturated carbocycles. The second-order valence-electron chi connectivity index (χ2n) is 4.77. The van der Waals surface area contributed by atoms with Crippen LogP contribution in [0.3, 0.4) is 0 Å². The fraction of sp³-hybridized carbons (Fsp3) is 0.385. The fourth-order valence-electron chi connectivity index (χ4n) is 1.90. The highest BCUT2D eigenvalue weighted by molar-refractivity contribution is 5.88. The third kappa shape index (κ3) is 3.23. The van der Waals surface area contributed by atoms with E-state index >= 15 is 0 Å². The van der Waals surface area contributed by atoms with Crippen LogP contribution in [0.5, 0.6) is 0 Å². The minimum atomic E-state index is -0.171. The molecule has 2 aromatic rings. The molecule has 6 heteroatoms. The monoisotopic (exact) mass is 261 g/mol. The Hall–Kier alpha value is -2.08. The van der Waals surface area contributed by atoms with Gasteiger partial charge in [0.1, 0.15) is 0 Å². The van der Waals surface area contributed by atoms with E-state index in [0.717, 1.165) is 25.2 Å². The zero-order valence-corrected chi connectivity index (χ0v) is 11.2. The lowest BCUT2D eigenvalue weighted by atomic mass is 10.2. The van der Waals surface area contributed by atoms with Crippen LogP contribution in [-0.4, -0.2) is 42.1 Å². The number of nitrogens with one attached hydrogen (secondary N) is 2. The van der Waals surface area contributed by atoms with Gasteiger partial charge >= 0.3 is 0 Å². The van der Waals surface area contributed by atoms with Crippen LogP contribution in [0.15, 0.2) is 23.3 Å². The molecule has 0 aliphatic carbocycles. The lowest BCUT2D eigenvalue weighted by Crippen LogP contribution is -2.16. The zero-order chi connectivity index (χ0) is 13.8. The Morgan fingerprint density at radius 1 is 1.42 bits per heavy atom. The number of fused-ring (bicyclic) bond motifs is 1. The first-order chi connectivity index (χ1) is 9.08. The summed E-state index contributed by atoms with van der Waals surface area (Å²) >= 11 is 0. The van der Waals surface area contributed by atoms with Crippen LogP contribution in [0, 0.1) is 0 Å². The number of hydrogen-bond acceptors (Lipinski definition) is 5. The van der Waals surface area contributed by atoms with Crippen molar-refractivity contribution in [1.82, 2.24) is 14.9 Å². The van der Waals surface area contributed by atoms with E-state index < -0.39 is 0 Å². The Kier molecular flexibility index (Phi) is 4.01. The van der Waals surface area contributed by atoms with Gasteiger partial charge < -0.3 is 20.9 Å². The summed E-state index contributed by atoms with van der Waals surface area (Å²) in [5.74, 6) is 0. The molecule has 0 unspecified atom stereocenters. The maximum Gasteiger partial charge on any atom is 0.258 e. The first-order valence-corrected chi connectivity index (χ1v) is 6.23. The Labute approximate surface area is 111 Å². The molecule has 0 radical (unpaired) electrons. The van der Waals surface area contributed by atoms with Crippen molar-refractivity contribution in [3.63, 3.8) is 0 Å². The Morgan fingerprint density at radius 2 is 2.21 bits per heavy atom. The summed E-state index contributed by atoms with van der Waals surface area (Å²) in [6.07, 6.45) is 2.42. The second-order valence-corrected chi connectivity index (χ2v) is 4.77. The standard InChI is InChI=1S/C13H19N5O/c1-18(2)5-3-4-15-12-7-11-9(6-10(12)14)13(19)17-8-16-11/h6-8,15H,3-5,14H2,1-2H3,(H,16,17,19). The average molecular weight is 261 g/mol. The summed E-state index contributed by atoms with van der Waals surface area (Å²) in [4.78, 5) is 20.4. The molecule has 102 valence electrons. The van der Waals surface area contributed by atoms with E-state index in [1.54, 1.807) is 6.07 Å². The zero-order valence-electron chi connectivity index (χ0n) is 11.2. The smallest absolute Gasteiger partial charge is 0.258 e. The molecule has 19 heavy (non-hydrogen) atoms. The molecule has 0 aliphatic heterocycles. The lowest BCUT2D eigenvalue weighted by Gasteiger charge is -2.12. The van der Waals surface area contributed by atoms with Crippen LogP contribution >= 0.6 is 0 Å². The quantitative estimate of drug-likeness (QED) is 0.549. The van der Waals surface area contributed by atoms with Gasteiger partial charge in [-0.3, -0.25) is 4.79 Å².